The predicted molar refractivity (Wildman–Crippen MR) is 345 cm³/mol. The molecule has 16 nitrogen and oxygen atoms in total. The van der Waals surface area contributed by atoms with Gasteiger partial charge in [-0.25, -0.2) is 0 Å². The van der Waals surface area contributed by atoms with E-state index >= 15 is 0 Å². The van der Waals surface area contributed by atoms with Crippen molar-refractivity contribution in [3.05, 3.63) is 0 Å². The van der Waals surface area contributed by atoms with Crippen molar-refractivity contribution in [3.8, 4) is 0 Å². The lowest BCUT2D eigenvalue weighted by Crippen LogP contribution is -2.12. The third-order valence-electron chi connectivity index (χ3n) is 5.76. The first-order valence-electron chi connectivity index (χ1n) is 30.6. The molecule has 492 valence electrons. The maximum Gasteiger partial charge on any atom is 0.0701 e. The van der Waals surface area contributed by atoms with Gasteiger partial charge in [0.05, 0.1) is 139 Å². The van der Waals surface area contributed by atoms with Gasteiger partial charge in [-0.3, -0.25) is 0 Å². The molecule has 0 rings (SSSR count). The predicted octanol–water partition coefficient (Wildman–Crippen LogP) is 12.9. The largest absolute Gasteiger partial charge is 0.394 e. The summed E-state index contributed by atoms with van der Waals surface area (Å²) < 4.78 is 61.1. The lowest BCUT2D eigenvalue weighted by Gasteiger charge is -2.02. The Labute approximate surface area is 499 Å². The van der Waals surface area contributed by atoms with E-state index in [1.54, 1.807) is 0 Å². The number of thiol groups is 2. The van der Waals surface area contributed by atoms with Crippen molar-refractivity contribution < 1.29 is 72.2 Å². The second-order valence-corrected chi connectivity index (χ2v) is 16.9. The SMILES string of the molecule is CCC.CCC.CCC.CCC.CCC.CCC.CCCOCCOCCN.CCCOCCOCCO.CCCOCCOCCO.CCCOCCOCCO.CCCOCCOCCS.CCCOCCOCCS. The third-order valence-corrected chi connectivity index (χ3v) is 6.13. The molecule has 78 heavy (non-hydrogen) atoms. The molecule has 5 N–H and O–H groups in total. The van der Waals surface area contributed by atoms with E-state index < -0.39 is 0 Å². The average Bonchev–Trinajstić information content (AvgIpc) is 3.42. The summed E-state index contributed by atoms with van der Waals surface area (Å²) in [6.07, 6.45) is 13.8. The van der Waals surface area contributed by atoms with E-state index in [1.807, 2.05) is 0 Å². The van der Waals surface area contributed by atoms with E-state index in [0.717, 1.165) is 103 Å². The van der Waals surface area contributed by atoms with E-state index in [0.29, 0.717) is 112 Å². The molecule has 0 aromatic rings. The molecule has 0 bridgehead atoms. The number of aliphatic hydroxyl groups is 3. The van der Waals surface area contributed by atoms with Gasteiger partial charge in [0, 0.05) is 57.7 Å². The quantitative estimate of drug-likeness (QED) is 0.0249. The summed E-state index contributed by atoms with van der Waals surface area (Å²) in [7, 11) is 0. The zero-order valence-corrected chi connectivity index (χ0v) is 57.2. The smallest absolute Gasteiger partial charge is 0.0701 e. The molecule has 0 spiro atoms. The average molecular weight is 1180 g/mol. The van der Waals surface area contributed by atoms with Gasteiger partial charge in [-0.1, -0.05) is 163 Å². The van der Waals surface area contributed by atoms with Gasteiger partial charge in [-0.2, -0.15) is 25.3 Å². The first-order chi connectivity index (χ1) is 38.0. The summed E-state index contributed by atoms with van der Waals surface area (Å²) in [5, 5.41) is 24.9. The van der Waals surface area contributed by atoms with Gasteiger partial charge in [-0.15, -0.1) is 0 Å². The van der Waals surface area contributed by atoms with E-state index in [-0.39, 0.29) is 19.8 Å². The summed E-state index contributed by atoms with van der Waals surface area (Å²) in [6, 6.07) is 0. The van der Waals surface area contributed by atoms with Crippen LogP contribution in [0.15, 0.2) is 0 Å². The minimum Gasteiger partial charge on any atom is -0.394 e. The van der Waals surface area contributed by atoms with Crippen molar-refractivity contribution in [1.29, 1.82) is 0 Å². The van der Waals surface area contributed by atoms with Crippen LogP contribution in [0.4, 0.5) is 0 Å². The Morgan fingerprint density at radius 2 is 0.346 bits per heavy atom. The van der Waals surface area contributed by atoms with Gasteiger partial charge in [-0.05, 0) is 38.5 Å². The van der Waals surface area contributed by atoms with Crippen molar-refractivity contribution in [2.24, 2.45) is 5.73 Å². The molecule has 0 amide bonds. The standard InChI is InChI=1S/C7H17NO2.3C7H16O3.2C7H16O2S.6C3H8/c4*1-2-4-9-6-7-10-5-3-8;2*1-2-3-8-4-5-9-6-7-10;6*1-3-2/h2-8H2,1H3;3*8H,2-7H2,1H3;2*10H,2-7H2,1H3;6*3H2,1-2H3. The first-order valence-corrected chi connectivity index (χ1v) is 31.9. The molecule has 0 radical (unpaired) electrons. The molecule has 0 aromatic heterocycles. The second-order valence-electron chi connectivity index (χ2n) is 16.0. The molecule has 0 saturated heterocycles. The van der Waals surface area contributed by atoms with Crippen LogP contribution < -0.4 is 5.73 Å². The molecule has 0 fully saturated rings. The summed E-state index contributed by atoms with van der Waals surface area (Å²) >= 11 is 8.00. The van der Waals surface area contributed by atoms with Gasteiger partial charge in [0.2, 0.25) is 0 Å². The van der Waals surface area contributed by atoms with E-state index in [2.05, 4.69) is 150 Å². The molecule has 18 heteroatoms. The third kappa shape index (κ3) is 242. The Balaban J connectivity index is -0.0000000630. The number of nitrogens with two attached hydrogens (primary N) is 1. The number of aliphatic hydroxyl groups excluding tert-OH is 3. The number of hydrogen-bond acceptors (Lipinski definition) is 18. The van der Waals surface area contributed by atoms with Crippen LogP contribution in [0.5, 0.6) is 0 Å². The lowest BCUT2D eigenvalue weighted by molar-refractivity contribution is 0.0333. The topological polar surface area (TPSA) is 197 Å². The van der Waals surface area contributed by atoms with Crippen LogP contribution in [0, 0.1) is 0 Å². The Kier molecular flexibility index (Phi) is 208. The van der Waals surface area contributed by atoms with Crippen LogP contribution in [-0.4, -0.2) is 212 Å². The van der Waals surface area contributed by atoms with Crippen LogP contribution in [0.25, 0.3) is 0 Å². The van der Waals surface area contributed by atoms with E-state index in [1.165, 1.54) is 38.5 Å². The van der Waals surface area contributed by atoms with Gasteiger partial charge < -0.3 is 77.9 Å². The summed E-state index contributed by atoms with van der Waals surface area (Å²) in [4.78, 5) is 0. The molecule has 0 aliphatic carbocycles. The van der Waals surface area contributed by atoms with Crippen LogP contribution in [0.3, 0.4) is 0 Å². The summed E-state index contributed by atoms with van der Waals surface area (Å²) in [5.41, 5.74) is 5.20. The monoisotopic (exact) mass is 1180 g/mol. The molecule has 0 atom stereocenters. The van der Waals surface area contributed by atoms with Crippen molar-refractivity contribution in [2.45, 2.75) is 202 Å². The highest BCUT2D eigenvalue weighted by Gasteiger charge is 1.90. The molecular formula is C60H145NO15S2. The molecule has 0 aliphatic heterocycles. The van der Waals surface area contributed by atoms with Crippen LogP contribution >= 0.6 is 25.3 Å². The lowest BCUT2D eigenvalue weighted by atomic mass is 10.5. The fourth-order valence-electron chi connectivity index (χ4n) is 3.20. The van der Waals surface area contributed by atoms with Crippen molar-refractivity contribution >= 4 is 25.3 Å². The number of ether oxygens (including phenoxy) is 12. The van der Waals surface area contributed by atoms with Crippen LogP contribution in [-0.2, 0) is 56.8 Å². The highest BCUT2D eigenvalue weighted by Crippen LogP contribution is 1.86. The van der Waals surface area contributed by atoms with Gasteiger partial charge in [0.25, 0.3) is 0 Å². The minimum absolute atomic E-state index is 0.0910. The van der Waals surface area contributed by atoms with E-state index in [9.17, 15) is 0 Å². The summed E-state index contributed by atoms with van der Waals surface area (Å²) in [6.45, 7) is 54.8. The van der Waals surface area contributed by atoms with Crippen LogP contribution in [0.1, 0.15) is 202 Å². The number of rotatable bonds is 42. The van der Waals surface area contributed by atoms with Crippen molar-refractivity contribution in [1.82, 2.24) is 0 Å². The van der Waals surface area contributed by atoms with Crippen molar-refractivity contribution in [2.75, 3.05) is 196 Å². The molecule has 0 heterocycles. The fourth-order valence-corrected chi connectivity index (χ4v) is 3.46. The molecular weight excluding hydrogens is 1040 g/mol. The zero-order valence-electron chi connectivity index (χ0n) is 55.4. The maximum absolute atomic E-state index is 8.30. The number of hydrogen-bond donors (Lipinski definition) is 6. The second kappa shape index (κ2) is 153. The highest BCUT2D eigenvalue weighted by molar-refractivity contribution is 7.80. The first kappa shape index (κ1) is 106. The zero-order chi connectivity index (χ0) is 62.2. The minimum atomic E-state index is 0.0910. The van der Waals surface area contributed by atoms with Gasteiger partial charge in [0.1, 0.15) is 0 Å². The van der Waals surface area contributed by atoms with Gasteiger partial charge in [0.15, 0.2) is 0 Å². The van der Waals surface area contributed by atoms with Crippen molar-refractivity contribution in [3.63, 3.8) is 0 Å². The Morgan fingerprint density at radius 3 is 0.462 bits per heavy atom. The summed E-state index contributed by atoms with van der Waals surface area (Å²) in [5.74, 6) is 1.57. The Morgan fingerprint density at radius 1 is 0.218 bits per heavy atom. The van der Waals surface area contributed by atoms with E-state index in [4.69, 9.17) is 77.9 Å². The normalized spacial score (nSPS) is 9.23. The van der Waals surface area contributed by atoms with Crippen LogP contribution in [0.2, 0.25) is 0 Å². The Hall–Kier alpha value is 0.0600. The molecule has 0 aromatic carbocycles. The fraction of sp³-hybridized carbons (Fsp3) is 1.00. The Bertz CT molecular complexity index is 509. The maximum atomic E-state index is 8.30. The highest BCUT2D eigenvalue weighted by atomic mass is 32.1. The molecule has 0 aliphatic rings. The molecule has 0 unspecified atom stereocenters. The molecule has 0 saturated carbocycles. The van der Waals surface area contributed by atoms with Gasteiger partial charge >= 0.3 is 0 Å².